The lowest BCUT2D eigenvalue weighted by Gasteiger charge is -2.23. The first-order valence-corrected chi connectivity index (χ1v) is 4.92. The molecule has 1 aromatic carbocycles. The van der Waals surface area contributed by atoms with Gasteiger partial charge in [-0.25, -0.2) is 4.39 Å². The van der Waals surface area contributed by atoms with Crippen molar-refractivity contribution in [1.82, 2.24) is 0 Å². The van der Waals surface area contributed by atoms with E-state index < -0.39 is 5.67 Å². The van der Waals surface area contributed by atoms with E-state index in [1.165, 1.54) is 6.92 Å². The van der Waals surface area contributed by atoms with E-state index in [-0.39, 0.29) is 6.54 Å². The smallest absolute Gasteiger partial charge is 0.161 e. The Kier molecular flexibility index (Phi) is 2.52. The zero-order valence-corrected chi connectivity index (χ0v) is 8.63. The molecule has 0 aromatic heterocycles. The fourth-order valence-electron chi connectivity index (χ4n) is 1.49. The highest BCUT2D eigenvalue weighted by Gasteiger charge is 2.25. The first kappa shape index (κ1) is 10.2. The molecule has 2 rings (SSSR count). The van der Waals surface area contributed by atoms with Crippen LogP contribution in [-0.2, 0) is 5.67 Å². The van der Waals surface area contributed by atoms with Gasteiger partial charge in [-0.15, -0.1) is 0 Å². The highest BCUT2D eigenvalue weighted by Crippen LogP contribution is 2.35. The van der Waals surface area contributed by atoms with E-state index in [1.54, 1.807) is 18.2 Å². The Labute approximate surface area is 88.0 Å². The van der Waals surface area contributed by atoms with E-state index in [2.05, 4.69) is 0 Å². The van der Waals surface area contributed by atoms with Gasteiger partial charge in [0.1, 0.15) is 18.9 Å². The van der Waals surface area contributed by atoms with Crippen molar-refractivity contribution in [3.05, 3.63) is 23.8 Å². The standard InChI is InChI=1S/C11H14FNO2/c1-11(12,7-13)8-2-3-9-10(6-8)15-5-4-14-9/h2-3,6H,4-5,7,13H2,1H3. The minimum Gasteiger partial charge on any atom is -0.486 e. The van der Waals surface area contributed by atoms with Crippen molar-refractivity contribution in [2.24, 2.45) is 5.73 Å². The highest BCUT2D eigenvalue weighted by molar-refractivity contribution is 5.45. The largest absolute Gasteiger partial charge is 0.486 e. The molecule has 1 aromatic rings. The molecule has 0 saturated heterocycles. The second kappa shape index (κ2) is 3.70. The van der Waals surface area contributed by atoms with Gasteiger partial charge < -0.3 is 15.2 Å². The number of ether oxygens (including phenoxy) is 2. The molecule has 0 amide bonds. The molecule has 2 N–H and O–H groups in total. The van der Waals surface area contributed by atoms with Gasteiger partial charge in [0.05, 0.1) is 0 Å². The number of benzene rings is 1. The summed E-state index contributed by atoms with van der Waals surface area (Å²) < 4.78 is 24.6. The third-order valence-electron chi connectivity index (χ3n) is 2.53. The molecule has 1 atom stereocenters. The summed E-state index contributed by atoms with van der Waals surface area (Å²) in [7, 11) is 0. The molecule has 3 nitrogen and oxygen atoms in total. The van der Waals surface area contributed by atoms with Crippen molar-refractivity contribution in [2.75, 3.05) is 19.8 Å². The summed E-state index contributed by atoms with van der Waals surface area (Å²) in [6.45, 7) is 2.45. The lowest BCUT2D eigenvalue weighted by molar-refractivity contribution is 0.168. The van der Waals surface area contributed by atoms with E-state index >= 15 is 0 Å². The molecule has 0 radical (unpaired) electrons. The Hall–Kier alpha value is -1.29. The molecule has 4 heteroatoms. The van der Waals surface area contributed by atoms with Crippen molar-refractivity contribution in [3.63, 3.8) is 0 Å². The van der Waals surface area contributed by atoms with Gasteiger partial charge >= 0.3 is 0 Å². The average Bonchev–Trinajstić information content (AvgIpc) is 2.28. The van der Waals surface area contributed by atoms with Gasteiger partial charge in [0.15, 0.2) is 11.5 Å². The predicted molar refractivity (Wildman–Crippen MR) is 54.9 cm³/mol. The summed E-state index contributed by atoms with van der Waals surface area (Å²) in [5, 5.41) is 0. The second-order valence-electron chi connectivity index (χ2n) is 3.76. The number of alkyl halides is 1. The van der Waals surface area contributed by atoms with E-state index in [0.717, 1.165) is 0 Å². The molecule has 0 aliphatic carbocycles. The quantitative estimate of drug-likeness (QED) is 0.808. The van der Waals surface area contributed by atoms with Crippen LogP contribution in [0.25, 0.3) is 0 Å². The topological polar surface area (TPSA) is 44.5 Å². The normalized spacial score (nSPS) is 18.3. The molecule has 0 saturated carbocycles. The summed E-state index contributed by atoms with van der Waals surface area (Å²) in [6, 6.07) is 5.05. The third kappa shape index (κ3) is 1.90. The van der Waals surface area contributed by atoms with Gasteiger partial charge in [0, 0.05) is 6.54 Å². The maximum atomic E-state index is 13.9. The zero-order valence-electron chi connectivity index (χ0n) is 8.63. The van der Waals surface area contributed by atoms with Gasteiger partial charge in [0.25, 0.3) is 0 Å². The maximum Gasteiger partial charge on any atom is 0.161 e. The van der Waals surface area contributed by atoms with Crippen molar-refractivity contribution in [2.45, 2.75) is 12.6 Å². The van der Waals surface area contributed by atoms with Crippen molar-refractivity contribution in [3.8, 4) is 11.5 Å². The van der Waals surface area contributed by atoms with Crippen LogP contribution in [-0.4, -0.2) is 19.8 Å². The van der Waals surface area contributed by atoms with Gasteiger partial charge in [-0.05, 0) is 24.6 Å². The average molecular weight is 211 g/mol. The molecule has 0 bridgehead atoms. The zero-order chi connectivity index (χ0) is 10.9. The number of nitrogens with two attached hydrogens (primary N) is 1. The molecular formula is C11H14FNO2. The summed E-state index contributed by atoms with van der Waals surface area (Å²) >= 11 is 0. The lowest BCUT2D eigenvalue weighted by Crippen LogP contribution is -2.27. The van der Waals surface area contributed by atoms with Gasteiger partial charge in [-0.1, -0.05) is 6.07 Å². The van der Waals surface area contributed by atoms with Crippen LogP contribution in [0.1, 0.15) is 12.5 Å². The number of rotatable bonds is 2. The Morgan fingerprint density at radius 1 is 1.33 bits per heavy atom. The van der Waals surface area contributed by atoms with Crippen LogP contribution in [0, 0.1) is 0 Å². The van der Waals surface area contributed by atoms with Crippen LogP contribution < -0.4 is 15.2 Å². The van der Waals surface area contributed by atoms with Gasteiger partial charge in [-0.2, -0.15) is 0 Å². The first-order chi connectivity index (χ1) is 7.13. The Morgan fingerprint density at radius 3 is 2.67 bits per heavy atom. The number of hydrogen-bond donors (Lipinski definition) is 1. The maximum absolute atomic E-state index is 13.9. The summed E-state index contributed by atoms with van der Waals surface area (Å²) in [5.41, 5.74) is 4.37. The molecule has 1 aliphatic rings. The van der Waals surface area contributed by atoms with Gasteiger partial charge in [-0.3, -0.25) is 0 Å². The van der Waals surface area contributed by atoms with Crippen LogP contribution in [0.5, 0.6) is 11.5 Å². The monoisotopic (exact) mass is 211 g/mol. The second-order valence-corrected chi connectivity index (χ2v) is 3.76. The minimum absolute atomic E-state index is 0.0490. The van der Waals surface area contributed by atoms with E-state index in [1.807, 2.05) is 0 Å². The summed E-state index contributed by atoms with van der Waals surface area (Å²) in [5.74, 6) is 1.26. The number of fused-ring (bicyclic) bond motifs is 1. The van der Waals surface area contributed by atoms with Crippen LogP contribution in [0.3, 0.4) is 0 Å². The minimum atomic E-state index is -1.52. The molecule has 1 aliphatic heterocycles. The van der Waals surface area contributed by atoms with E-state index in [9.17, 15) is 4.39 Å². The molecule has 82 valence electrons. The highest BCUT2D eigenvalue weighted by atomic mass is 19.1. The van der Waals surface area contributed by atoms with Crippen LogP contribution in [0.2, 0.25) is 0 Å². The number of hydrogen-bond acceptors (Lipinski definition) is 3. The van der Waals surface area contributed by atoms with Crippen molar-refractivity contribution >= 4 is 0 Å². The fourth-order valence-corrected chi connectivity index (χ4v) is 1.49. The summed E-state index contributed by atoms with van der Waals surface area (Å²) in [4.78, 5) is 0. The SMILES string of the molecule is CC(F)(CN)c1ccc2c(c1)OCCO2. The molecular weight excluding hydrogens is 197 g/mol. The molecule has 1 unspecified atom stereocenters. The van der Waals surface area contributed by atoms with Crippen molar-refractivity contribution in [1.29, 1.82) is 0 Å². The fraction of sp³-hybridized carbons (Fsp3) is 0.455. The Bertz CT molecular complexity index is 366. The van der Waals surface area contributed by atoms with Crippen LogP contribution >= 0.6 is 0 Å². The predicted octanol–water partition coefficient (Wildman–Crippen LogP) is 1.60. The Morgan fingerprint density at radius 2 is 2.00 bits per heavy atom. The molecule has 0 fully saturated rings. The molecule has 15 heavy (non-hydrogen) atoms. The molecule has 0 spiro atoms. The van der Waals surface area contributed by atoms with Crippen LogP contribution in [0.4, 0.5) is 4.39 Å². The summed E-state index contributed by atoms with van der Waals surface area (Å²) in [6.07, 6.45) is 0. The van der Waals surface area contributed by atoms with E-state index in [0.29, 0.717) is 30.3 Å². The van der Waals surface area contributed by atoms with Gasteiger partial charge in [0.2, 0.25) is 0 Å². The van der Waals surface area contributed by atoms with E-state index in [4.69, 9.17) is 15.2 Å². The Balaban J connectivity index is 2.36. The van der Waals surface area contributed by atoms with Crippen molar-refractivity contribution < 1.29 is 13.9 Å². The third-order valence-corrected chi connectivity index (χ3v) is 2.53. The number of halogens is 1. The first-order valence-electron chi connectivity index (χ1n) is 4.92. The van der Waals surface area contributed by atoms with Crippen LogP contribution in [0.15, 0.2) is 18.2 Å². The lowest BCUT2D eigenvalue weighted by atomic mass is 9.97. The molecule has 1 heterocycles.